The van der Waals surface area contributed by atoms with Crippen LogP contribution in [0.2, 0.25) is 5.02 Å². The van der Waals surface area contributed by atoms with Crippen LogP contribution in [-0.4, -0.2) is 15.0 Å². The Morgan fingerprint density at radius 1 is 1.16 bits per heavy atom. The van der Waals surface area contributed by atoms with Crippen LogP contribution < -0.4 is 0 Å². The Labute approximate surface area is 116 Å². The summed E-state index contributed by atoms with van der Waals surface area (Å²) in [6.45, 7) is 2.12. The van der Waals surface area contributed by atoms with E-state index in [4.69, 9.17) is 11.6 Å². The quantitative estimate of drug-likeness (QED) is 0.774. The van der Waals surface area contributed by atoms with Gasteiger partial charge in [-0.2, -0.15) is 0 Å². The third-order valence-corrected chi connectivity index (χ3v) is 3.32. The van der Waals surface area contributed by atoms with Gasteiger partial charge in [-0.3, -0.25) is 0 Å². The Bertz CT molecular complexity index is 704. The molecule has 0 fully saturated rings. The van der Waals surface area contributed by atoms with Crippen LogP contribution in [0.5, 0.6) is 0 Å². The fraction of sp³-hybridized carbons (Fsp3) is 0.200. The Hall–Kier alpha value is -1.87. The Kier molecular flexibility index (Phi) is 3.22. The lowest BCUT2D eigenvalue weighted by Gasteiger charge is -2.01. The molecule has 0 spiro atoms. The van der Waals surface area contributed by atoms with E-state index in [0.29, 0.717) is 10.7 Å². The molecule has 0 amide bonds. The molecule has 3 rings (SSSR count). The van der Waals surface area contributed by atoms with Gasteiger partial charge in [0.05, 0.1) is 10.7 Å². The van der Waals surface area contributed by atoms with Crippen LogP contribution in [0.3, 0.4) is 0 Å². The van der Waals surface area contributed by atoms with Crippen LogP contribution in [0.25, 0.3) is 22.4 Å². The molecule has 96 valence electrons. The molecule has 0 saturated carbocycles. The number of imidazole rings is 1. The van der Waals surface area contributed by atoms with E-state index >= 15 is 0 Å². The van der Waals surface area contributed by atoms with Crippen LogP contribution in [0.15, 0.2) is 36.4 Å². The van der Waals surface area contributed by atoms with Gasteiger partial charge in [0.15, 0.2) is 5.65 Å². The van der Waals surface area contributed by atoms with Crippen molar-refractivity contribution in [2.75, 3.05) is 0 Å². The zero-order chi connectivity index (χ0) is 13.2. The first-order valence-corrected chi connectivity index (χ1v) is 6.76. The maximum Gasteiger partial charge on any atom is 0.179 e. The van der Waals surface area contributed by atoms with Crippen molar-refractivity contribution in [2.45, 2.75) is 19.8 Å². The number of nitrogens with one attached hydrogen (secondary N) is 1. The van der Waals surface area contributed by atoms with Crippen molar-refractivity contribution in [3.63, 3.8) is 0 Å². The number of aromatic amines is 1. The molecule has 0 unspecified atom stereocenters. The Morgan fingerprint density at radius 3 is 2.68 bits per heavy atom. The van der Waals surface area contributed by atoms with Gasteiger partial charge in [-0.25, -0.2) is 9.97 Å². The molecule has 3 nitrogen and oxygen atoms in total. The van der Waals surface area contributed by atoms with Gasteiger partial charge in [0.1, 0.15) is 11.3 Å². The molecule has 1 N–H and O–H groups in total. The lowest BCUT2D eigenvalue weighted by molar-refractivity contribution is 0.860. The number of rotatable bonds is 3. The number of aromatic nitrogens is 3. The molecule has 0 radical (unpaired) electrons. The molecule has 2 heterocycles. The molecule has 0 aliphatic carbocycles. The lowest BCUT2D eigenvalue weighted by Crippen LogP contribution is -1.86. The smallest absolute Gasteiger partial charge is 0.179 e. The standard InChI is InChI=1S/C15H14ClN3/c1-2-6-13-18-14-11(16)9-12(17-15(14)19-13)10-7-4-3-5-8-10/h3-5,7-9H,2,6H2,1H3,(H,17,18,19). The van der Waals surface area contributed by atoms with Crippen LogP contribution >= 0.6 is 11.6 Å². The number of fused-ring (bicyclic) bond motifs is 1. The maximum atomic E-state index is 6.31. The number of H-pyrrole nitrogens is 1. The number of pyridine rings is 1. The summed E-state index contributed by atoms with van der Waals surface area (Å²) in [6, 6.07) is 11.9. The van der Waals surface area contributed by atoms with Crippen molar-refractivity contribution in [1.82, 2.24) is 15.0 Å². The maximum absolute atomic E-state index is 6.31. The van der Waals surface area contributed by atoms with E-state index in [-0.39, 0.29) is 0 Å². The highest BCUT2D eigenvalue weighted by Crippen LogP contribution is 2.26. The van der Waals surface area contributed by atoms with Crippen molar-refractivity contribution in [1.29, 1.82) is 0 Å². The fourth-order valence-electron chi connectivity index (χ4n) is 2.11. The summed E-state index contributed by atoms with van der Waals surface area (Å²) in [6.07, 6.45) is 1.95. The van der Waals surface area contributed by atoms with E-state index in [0.717, 1.165) is 35.4 Å². The van der Waals surface area contributed by atoms with Crippen molar-refractivity contribution in [2.24, 2.45) is 0 Å². The molecule has 0 aliphatic heterocycles. The first kappa shape index (κ1) is 12.2. The molecule has 2 aromatic heterocycles. The van der Waals surface area contributed by atoms with Crippen molar-refractivity contribution >= 4 is 22.8 Å². The molecular weight excluding hydrogens is 258 g/mol. The number of hydrogen-bond acceptors (Lipinski definition) is 2. The van der Waals surface area contributed by atoms with Gasteiger partial charge in [-0.05, 0) is 12.5 Å². The van der Waals surface area contributed by atoms with Crippen LogP contribution in [0.4, 0.5) is 0 Å². The highest BCUT2D eigenvalue weighted by molar-refractivity contribution is 6.35. The third-order valence-electron chi connectivity index (χ3n) is 3.02. The molecule has 0 aliphatic rings. The summed E-state index contributed by atoms with van der Waals surface area (Å²) in [5.41, 5.74) is 3.42. The number of benzene rings is 1. The van der Waals surface area contributed by atoms with Crippen LogP contribution in [0, 0.1) is 0 Å². The molecule has 0 saturated heterocycles. The number of nitrogens with zero attached hydrogens (tertiary/aromatic N) is 2. The van der Waals surface area contributed by atoms with E-state index in [1.807, 2.05) is 36.4 Å². The lowest BCUT2D eigenvalue weighted by atomic mass is 10.1. The fourth-order valence-corrected chi connectivity index (χ4v) is 2.34. The molecule has 0 atom stereocenters. The minimum atomic E-state index is 0.665. The largest absolute Gasteiger partial charge is 0.339 e. The molecule has 19 heavy (non-hydrogen) atoms. The van der Waals surface area contributed by atoms with Gasteiger partial charge in [0.25, 0.3) is 0 Å². The summed E-state index contributed by atoms with van der Waals surface area (Å²) in [7, 11) is 0. The zero-order valence-electron chi connectivity index (χ0n) is 10.7. The van der Waals surface area contributed by atoms with Gasteiger partial charge >= 0.3 is 0 Å². The number of hydrogen-bond donors (Lipinski definition) is 1. The molecule has 0 bridgehead atoms. The average Bonchev–Trinajstić information content (AvgIpc) is 2.83. The zero-order valence-corrected chi connectivity index (χ0v) is 11.4. The van der Waals surface area contributed by atoms with Gasteiger partial charge < -0.3 is 4.98 Å². The van der Waals surface area contributed by atoms with Gasteiger partial charge in [0, 0.05) is 12.0 Å². The normalized spacial score (nSPS) is 11.1. The van der Waals surface area contributed by atoms with Crippen molar-refractivity contribution < 1.29 is 0 Å². The van der Waals surface area contributed by atoms with E-state index in [2.05, 4.69) is 21.9 Å². The van der Waals surface area contributed by atoms with E-state index < -0.39 is 0 Å². The van der Waals surface area contributed by atoms with Gasteiger partial charge in [-0.1, -0.05) is 48.9 Å². The summed E-state index contributed by atoms with van der Waals surface area (Å²) >= 11 is 6.31. The second-order valence-corrected chi connectivity index (χ2v) is 4.89. The Balaban J connectivity index is 2.13. The van der Waals surface area contributed by atoms with Crippen molar-refractivity contribution in [3.8, 4) is 11.3 Å². The third kappa shape index (κ3) is 2.34. The van der Waals surface area contributed by atoms with Gasteiger partial charge in [-0.15, -0.1) is 0 Å². The second kappa shape index (κ2) is 5.02. The highest BCUT2D eigenvalue weighted by Gasteiger charge is 2.10. The van der Waals surface area contributed by atoms with Crippen molar-refractivity contribution in [3.05, 3.63) is 47.2 Å². The van der Waals surface area contributed by atoms with E-state index in [9.17, 15) is 0 Å². The predicted molar refractivity (Wildman–Crippen MR) is 78.3 cm³/mol. The SMILES string of the molecule is CCCc1nc2nc(-c3ccccc3)cc(Cl)c2[nH]1. The van der Waals surface area contributed by atoms with Crippen LogP contribution in [-0.2, 0) is 6.42 Å². The summed E-state index contributed by atoms with van der Waals surface area (Å²) < 4.78 is 0. The minimum absolute atomic E-state index is 0.665. The highest BCUT2D eigenvalue weighted by atomic mass is 35.5. The molecule has 3 aromatic rings. The topological polar surface area (TPSA) is 41.6 Å². The number of halogens is 1. The average molecular weight is 272 g/mol. The summed E-state index contributed by atoms with van der Waals surface area (Å²) in [5.74, 6) is 0.942. The van der Waals surface area contributed by atoms with Crippen LogP contribution in [0.1, 0.15) is 19.2 Å². The van der Waals surface area contributed by atoms with E-state index in [1.165, 1.54) is 0 Å². The molecule has 4 heteroatoms. The summed E-state index contributed by atoms with van der Waals surface area (Å²) in [5, 5.41) is 0.665. The molecular formula is C15H14ClN3. The van der Waals surface area contributed by atoms with Gasteiger partial charge in [0.2, 0.25) is 0 Å². The first-order chi connectivity index (χ1) is 9.28. The minimum Gasteiger partial charge on any atom is -0.339 e. The van der Waals surface area contributed by atoms with E-state index in [1.54, 1.807) is 0 Å². The Morgan fingerprint density at radius 2 is 1.95 bits per heavy atom. The monoisotopic (exact) mass is 271 g/mol. The summed E-state index contributed by atoms with van der Waals surface area (Å²) in [4.78, 5) is 12.3. The number of aryl methyl sites for hydroxylation is 1. The first-order valence-electron chi connectivity index (χ1n) is 6.38. The second-order valence-electron chi connectivity index (χ2n) is 4.49. The predicted octanol–water partition coefficient (Wildman–Crippen LogP) is 4.23. The molecule has 1 aromatic carbocycles.